The third kappa shape index (κ3) is 3.28. The highest BCUT2D eigenvalue weighted by atomic mass is 16.4. The largest absolute Gasteiger partial charge is 0.478 e. The first kappa shape index (κ1) is 11.7. The number of rotatable bonds is 1. The van der Waals surface area contributed by atoms with Crippen molar-refractivity contribution in [3.63, 3.8) is 0 Å². The van der Waals surface area contributed by atoms with Crippen LogP contribution in [-0.4, -0.2) is 11.1 Å². The number of aromatic carboxylic acids is 1. The standard InChI is InChI=1S/C9H10O2.C2H6/c1-6-3-4-8(9(10)11)5-7(6)2;1-2/h3-5H,1-2H3,(H,10,11);1-2H3. The average molecular weight is 180 g/mol. The number of hydrogen-bond acceptors (Lipinski definition) is 1. The molecule has 0 aliphatic carbocycles. The summed E-state index contributed by atoms with van der Waals surface area (Å²) in [6.45, 7) is 7.86. The van der Waals surface area contributed by atoms with Crippen LogP contribution in [0.4, 0.5) is 0 Å². The monoisotopic (exact) mass is 180 g/mol. The van der Waals surface area contributed by atoms with E-state index in [-0.39, 0.29) is 0 Å². The summed E-state index contributed by atoms with van der Waals surface area (Å²) in [5.74, 6) is -0.867. The molecule has 0 aliphatic rings. The summed E-state index contributed by atoms with van der Waals surface area (Å²) >= 11 is 0. The zero-order valence-corrected chi connectivity index (χ0v) is 8.59. The third-order valence-corrected chi connectivity index (χ3v) is 1.75. The molecule has 0 unspecified atom stereocenters. The van der Waals surface area contributed by atoms with Gasteiger partial charge in [-0.25, -0.2) is 4.79 Å². The molecular formula is C11H16O2. The van der Waals surface area contributed by atoms with E-state index in [1.165, 1.54) is 0 Å². The maximum absolute atomic E-state index is 10.5. The zero-order chi connectivity index (χ0) is 10.4. The van der Waals surface area contributed by atoms with E-state index in [9.17, 15) is 4.79 Å². The van der Waals surface area contributed by atoms with E-state index in [0.717, 1.165) is 11.1 Å². The van der Waals surface area contributed by atoms with Crippen molar-refractivity contribution in [1.29, 1.82) is 0 Å². The molecule has 1 N–H and O–H groups in total. The van der Waals surface area contributed by atoms with Crippen LogP contribution in [0.15, 0.2) is 18.2 Å². The highest BCUT2D eigenvalue weighted by molar-refractivity contribution is 5.87. The Balaban J connectivity index is 0.000000671. The van der Waals surface area contributed by atoms with Crippen LogP contribution in [0.1, 0.15) is 35.3 Å². The molecule has 72 valence electrons. The summed E-state index contributed by atoms with van der Waals surface area (Å²) in [6.07, 6.45) is 0. The van der Waals surface area contributed by atoms with Crippen LogP contribution in [0, 0.1) is 13.8 Å². The molecule has 1 aromatic rings. The van der Waals surface area contributed by atoms with E-state index in [2.05, 4.69) is 0 Å². The van der Waals surface area contributed by atoms with Crippen LogP contribution in [0.2, 0.25) is 0 Å². The van der Waals surface area contributed by atoms with Gasteiger partial charge in [0.15, 0.2) is 0 Å². The lowest BCUT2D eigenvalue weighted by Crippen LogP contribution is -1.96. The van der Waals surface area contributed by atoms with Crippen LogP contribution < -0.4 is 0 Å². The van der Waals surface area contributed by atoms with Gasteiger partial charge in [0, 0.05) is 0 Å². The number of aryl methyl sites for hydroxylation is 2. The Morgan fingerprint density at radius 2 is 1.69 bits per heavy atom. The Bertz CT molecular complexity index is 290. The lowest BCUT2D eigenvalue weighted by Gasteiger charge is -1.99. The van der Waals surface area contributed by atoms with E-state index >= 15 is 0 Å². The van der Waals surface area contributed by atoms with Crippen molar-refractivity contribution in [1.82, 2.24) is 0 Å². The van der Waals surface area contributed by atoms with E-state index in [0.29, 0.717) is 5.56 Å². The molecule has 2 heteroatoms. The fourth-order valence-electron chi connectivity index (χ4n) is 0.874. The molecule has 0 saturated heterocycles. The molecule has 0 amide bonds. The molecule has 0 bridgehead atoms. The summed E-state index contributed by atoms with van der Waals surface area (Å²) in [6, 6.07) is 5.11. The van der Waals surface area contributed by atoms with Crippen molar-refractivity contribution in [3.05, 3.63) is 34.9 Å². The normalized spacial score (nSPS) is 8.62. The van der Waals surface area contributed by atoms with Gasteiger partial charge in [0.25, 0.3) is 0 Å². The van der Waals surface area contributed by atoms with Gasteiger partial charge in [0.2, 0.25) is 0 Å². The van der Waals surface area contributed by atoms with E-state index in [1.54, 1.807) is 12.1 Å². The summed E-state index contributed by atoms with van der Waals surface area (Å²) in [4.78, 5) is 10.5. The average Bonchev–Trinajstić information content (AvgIpc) is 2.13. The lowest BCUT2D eigenvalue weighted by atomic mass is 10.1. The minimum atomic E-state index is -0.867. The van der Waals surface area contributed by atoms with Gasteiger partial charge < -0.3 is 5.11 Å². The van der Waals surface area contributed by atoms with Crippen LogP contribution in [0.25, 0.3) is 0 Å². The second-order valence-electron chi connectivity index (χ2n) is 2.60. The maximum Gasteiger partial charge on any atom is 0.335 e. The molecule has 2 nitrogen and oxygen atoms in total. The van der Waals surface area contributed by atoms with Crippen molar-refractivity contribution < 1.29 is 9.90 Å². The predicted octanol–water partition coefficient (Wildman–Crippen LogP) is 3.03. The Kier molecular flexibility index (Phi) is 4.82. The van der Waals surface area contributed by atoms with Gasteiger partial charge in [0.05, 0.1) is 5.56 Å². The zero-order valence-electron chi connectivity index (χ0n) is 8.59. The second kappa shape index (κ2) is 5.36. The van der Waals surface area contributed by atoms with Crippen molar-refractivity contribution in [2.45, 2.75) is 27.7 Å². The van der Waals surface area contributed by atoms with Crippen molar-refractivity contribution >= 4 is 5.97 Å². The van der Waals surface area contributed by atoms with Gasteiger partial charge in [0.1, 0.15) is 0 Å². The number of benzene rings is 1. The smallest absolute Gasteiger partial charge is 0.335 e. The van der Waals surface area contributed by atoms with Gasteiger partial charge in [-0.15, -0.1) is 0 Å². The van der Waals surface area contributed by atoms with E-state index < -0.39 is 5.97 Å². The summed E-state index contributed by atoms with van der Waals surface area (Å²) in [5.41, 5.74) is 2.49. The van der Waals surface area contributed by atoms with Gasteiger partial charge >= 0.3 is 5.97 Å². The summed E-state index contributed by atoms with van der Waals surface area (Å²) in [7, 11) is 0. The minimum absolute atomic E-state index is 0.355. The first-order valence-electron chi connectivity index (χ1n) is 4.42. The minimum Gasteiger partial charge on any atom is -0.478 e. The highest BCUT2D eigenvalue weighted by Crippen LogP contribution is 2.09. The molecule has 0 saturated carbocycles. The first-order chi connectivity index (χ1) is 6.11. The molecule has 0 radical (unpaired) electrons. The SMILES string of the molecule is CC.Cc1ccc(C(=O)O)cc1C. The summed E-state index contributed by atoms with van der Waals surface area (Å²) < 4.78 is 0. The Labute approximate surface area is 79.2 Å². The molecular weight excluding hydrogens is 164 g/mol. The third-order valence-electron chi connectivity index (χ3n) is 1.75. The van der Waals surface area contributed by atoms with Crippen LogP contribution >= 0.6 is 0 Å². The Morgan fingerprint density at radius 1 is 1.15 bits per heavy atom. The molecule has 0 spiro atoms. The van der Waals surface area contributed by atoms with E-state index in [1.807, 2.05) is 33.8 Å². The molecule has 0 fully saturated rings. The molecule has 0 atom stereocenters. The highest BCUT2D eigenvalue weighted by Gasteiger charge is 2.02. The van der Waals surface area contributed by atoms with Crippen LogP contribution in [-0.2, 0) is 0 Å². The molecule has 0 aromatic heterocycles. The van der Waals surface area contributed by atoms with Gasteiger partial charge in [-0.3, -0.25) is 0 Å². The van der Waals surface area contributed by atoms with Gasteiger partial charge in [-0.2, -0.15) is 0 Å². The van der Waals surface area contributed by atoms with Crippen LogP contribution in [0.5, 0.6) is 0 Å². The molecule has 1 rings (SSSR count). The fraction of sp³-hybridized carbons (Fsp3) is 0.364. The molecule has 13 heavy (non-hydrogen) atoms. The maximum atomic E-state index is 10.5. The topological polar surface area (TPSA) is 37.3 Å². The number of hydrogen-bond donors (Lipinski definition) is 1. The Hall–Kier alpha value is -1.31. The summed E-state index contributed by atoms with van der Waals surface area (Å²) in [5, 5.41) is 8.60. The number of carbonyl (C=O) groups is 1. The number of carboxylic acids is 1. The van der Waals surface area contributed by atoms with Crippen molar-refractivity contribution in [2.24, 2.45) is 0 Å². The Morgan fingerprint density at radius 3 is 2.08 bits per heavy atom. The van der Waals surface area contributed by atoms with Gasteiger partial charge in [-0.05, 0) is 37.1 Å². The van der Waals surface area contributed by atoms with E-state index in [4.69, 9.17) is 5.11 Å². The molecule has 0 heterocycles. The fourth-order valence-corrected chi connectivity index (χ4v) is 0.874. The van der Waals surface area contributed by atoms with Crippen LogP contribution in [0.3, 0.4) is 0 Å². The quantitative estimate of drug-likeness (QED) is 0.721. The molecule has 0 aliphatic heterocycles. The lowest BCUT2D eigenvalue weighted by molar-refractivity contribution is 0.0697. The van der Waals surface area contributed by atoms with Crippen molar-refractivity contribution in [3.8, 4) is 0 Å². The molecule has 1 aromatic carbocycles. The van der Waals surface area contributed by atoms with Crippen molar-refractivity contribution in [2.75, 3.05) is 0 Å². The predicted molar refractivity (Wildman–Crippen MR) is 54.2 cm³/mol. The second-order valence-corrected chi connectivity index (χ2v) is 2.60. The first-order valence-corrected chi connectivity index (χ1v) is 4.42. The van der Waals surface area contributed by atoms with Gasteiger partial charge in [-0.1, -0.05) is 19.9 Å². The number of carboxylic acid groups (broad SMARTS) is 1.